The molecule has 0 saturated heterocycles. The summed E-state index contributed by atoms with van der Waals surface area (Å²) in [5.41, 5.74) is 0.987. The zero-order chi connectivity index (χ0) is 22.9. The van der Waals surface area contributed by atoms with E-state index in [4.69, 9.17) is 4.74 Å². The molecule has 0 spiro atoms. The molecule has 0 atom stereocenters. The minimum absolute atomic E-state index is 0.283. The number of urea groups is 1. The van der Waals surface area contributed by atoms with Gasteiger partial charge in [0.15, 0.2) is 0 Å². The van der Waals surface area contributed by atoms with Crippen molar-refractivity contribution in [3.63, 3.8) is 0 Å². The van der Waals surface area contributed by atoms with Gasteiger partial charge in [0.1, 0.15) is 11.5 Å². The van der Waals surface area contributed by atoms with Gasteiger partial charge in [-0.15, -0.1) is 0 Å². The van der Waals surface area contributed by atoms with E-state index < -0.39 is 11.6 Å². The van der Waals surface area contributed by atoms with Crippen molar-refractivity contribution in [2.45, 2.75) is 26.3 Å². The number of carbonyl (C=O) groups excluding carboxylic acids is 3. The molecule has 0 unspecified atom stereocenters. The molecule has 0 bridgehead atoms. The number of ether oxygens (including phenoxy) is 1. The van der Waals surface area contributed by atoms with E-state index in [1.165, 1.54) is 11.0 Å². The lowest BCUT2D eigenvalue weighted by molar-refractivity contribution is 0.0507. The highest BCUT2D eigenvalue weighted by atomic mass is 16.5. The van der Waals surface area contributed by atoms with Crippen LogP contribution in [0.15, 0.2) is 72.8 Å². The van der Waals surface area contributed by atoms with Crippen LogP contribution in [0.3, 0.4) is 0 Å². The van der Waals surface area contributed by atoms with Crippen molar-refractivity contribution in [3.05, 3.63) is 83.9 Å². The molecule has 1 aliphatic rings. The quantitative estimate of drug-likeness (QED) is 0.535. The molecular weight excluding hydrogens is 406 g/mol. The molecule has 4 rings (SSSR count). The van der Waals surface area contributed by atoms with Crippen molar-refractivity contribution >= 4 is 29.2 Å². The average molecular weight is 429 g/mol. The fraction of sp³-hybridized carbons (Fsp3) is 0.160. The van der Waals surface area contributed by atoms with Gasteiger partial charge in [0.25, 0.3) is 11.8 Å². The van der Waals surface area contributed by atoms with E-state index >= 15 is 0 Å². The van der Waals surface area contributed by atoms with Gasteiger partial charge in [-0.05, 0) is 75.4 Å². The maximum atomic E-state index is 12.7. The number of fused-ring (bicyclic) bond motifs is 1. The van der Waals surface area contributed by atoms with Crippen LogP contribution in [0.4, 0.5) is 16.2 Å². The van der Waals surface area contributed by atoms with Gasteiger partial charge in [0.2, 0.25) is 0 Å². The lowest BCUT2D eigenvalue weighted by Gasteiger charge is -2.29. The third kappa shape index (κ3) is 4.32. The molecule has 3 aromatic rings. The van der Waals surface area contributed by atoms with Crippen LogP contribution in [0, 0.1) is 0 Å². The molecule has 0 saturated carbocycles. The fourth-order valence-corrected chi connectivity index (χ4v) is 3.45. The van der Waals surface area contributed by atoms with Gasteiger partial charge in [-0.25, -0.2) is 4.79 Å². The molecule has 3 aromatic carbocycles. The summed E-state index contributed by atoms with van der Waals surface area (Å²) in [7, 11) is 0. The number of anilines is 2. The Morgan fingerprint density at radius 3 is 1.97 bits per heavy atom. The second-order valence-corrected chi connectivity index (χ2v) is 8.40. The van der Waals surface area contributed by atoms with E-state index in [0.29, 0.717) is 22.7 Å². The minimum atomic E-state index is -0.630. The summed E-state index contributed by atoms with van der Waals surface area (Å²) in [5.74, 6) is 0.676. The van der Waals surface area contributed by atoms with Crippen LogP contribution in [0.1, 0.15) is 41.5 Å². The number of hydrogen-bond acceptors (Lipinski definition) is 4. The highest BCUT2D eigenvalue weighted by Crippen LogP contribution is 2.31. The number of hydrogen-bond donors (Lipinski definition) is 2. The number of rotatable bonds is 4. The highest BCUT2D eigenvalue weighted by Gasteiger charge is 2.41. The standard InChI is InChI=1S/C25H23N3O4/c1-25(2,3)28-22(29)20-14-11-17(15-21(20)23(28)30)27-24(31)26-16-9-12-19(13-10-16)32-18-7-5-4-6-8-18/h4-15H,1-3H3,(H2,26,27,31). The summed E-state index contributed by atoms with van der Waals surface area (Å²) in [4.78, 5) is 38.9. The Bertz CT molecular complexity index is 1180. The molecule has 2 N–H and O–H groups in total. The zero-order valence-corrected chi connectivity index (χ0v) is 18.0. The summed E-state index contributed by atoms with van der Waals surface area (Å²) >= 11 is 0. The predicted octanol–water partition coefficient (Wildman–Crippen LogP) is 5.52. The smallest absolute Gasteiger partial charge is 0.323 e. The lowest BCUT2D eigenvalue weighted by atomic mass is 10.1. The Kier molecular flexibility index (Phi) is 5.40. The van der Waals surface area contributed by atoms with Gasteiger partial charge < -0.3 is 15.4 Å². The molecule has 4 amide bonds. The van der Waals surface area contributed by atoms with E-state index in [1.807, 2.05) is 30.3 Å². The summed E-state index contributed by atoms with van der Waals surface area (Å²) in [6.45, 7) is 5.41. The van der Waals surface area contributed by atoms with E-state index in [9.17, 15) is 14.4 Å². The number of nitrogens with zero attached hydrogens (tertiary/aromatic N) is 1. The van der Waals surface area contributed by atoms with Crippen LogP contribution in [0.2, 0.25) is 0 Å². The van der Waals surface area contributed by atoms with E-state index in [0.717, 1.165) is 5.75 Å². The first-order valence-corrected chi connectivity index (χ1v) is 10.2. The lowest BCUT2D eigenvalue weighted by Crippen LogP contribution is -2.45. The minimum Gasteiger partial charge on any atom is -0.457 e. The summed E-state index contributed by atoms with van der Waals surface area (Å²) < 4.78 is 5.74. The van der Waals surface area contributed by atoms with Gasteiger partial charge in [-0.3, -0.25) is 14.5 Å². The van der Waals surface area contributed by atoms with Crippen LogP contribution in [0.5, 0.6) is 11.5 Å². The van der Waals surface area contributed by atoms with Crippen molar-refractivity contribution < 1.29 is 19.1 Å². The van der Waals surface area contributed by atoms with Gasteiger partial charge in [-0.2, -0.15) is 0 Å². The maximum Gasteiger partial charge on any atom is 0.323 e. The van der Waals surface area contributed by atoms with Gasteiger partial charge in [-0.1, -0.05) is 18.2 Å². The highest BCUT2D eigenvalue weighted by molar-refractivity contribution is 6.22. The molecule has 0 fully saturated rings. The molecule has 32 heavy (non-hydrogen) atoms. The number of imide groups is 1. The van der Waals surface area contributed by atoms with E-state index in [-0.39, 0.29) is 17.4 Å². The summed E-state index contributed by atoms with van der Waals surface area (Å²) in [5, 5.41) is 5.43. The third-order valence-electron chi connectivity index (χ3n) is 4.91. The second kappa shape index (κ2) is 8.19. The largest absolute Gasteiger partial charge is 0.457 e. The van der Waals surface area contributed by atoms with E-state index in [2.05, 4.69) is 10.6 Å². The molecule has 162 valence electrons. The van der Waals surface area contributed by atoms with Crippen LogP contribution in [0.25, 0.3) is 0 Å². The maximum absolute atomic E-state index is 12.7. The van der Waals surface area contributed by atoms with Crippen LogP contribution in [-0.4, -0.2) is 28.3 Å². The first kappa shape index (κ1) is 21.1. The molecule has 7 heteroatoms. The predicted molar refractivity (Wildman–Crippen MR) is 122 cm³/mol. The van der Waals surface area contributed by atoms with Gasteiger partial charge in [0, 0.05) is 16.9 Å². The van der Waals surface area contributed by atoms with Crippen molar-refractivity contribution in [1.29, 1.82) is 0 Å². The monoisotopic (exact) mass is 429 g/mol. The zero-order valence-electron chi connectivity index (χ0n) is 18.0. The second-order valence-electron chi connectivity index (χ2n) is 8.40. The molecule has 7 nitrogen and oxygen atoms in total. The Hall–Kier alpha value is -4.13. The van der Waals surface area contributed by atoms with Crippen LogP contribution < -0.4 is 15.4 Å². The number of benzene rings is 3. The fourth-order valence-electron chi connectivity index (χ4n) is 3.45. The number of carbonyl (C=O) groups is 3. The van der Waals surface area contributed by atoms with Gasteiger partial charge in [0.05, 0.1) is 11.1 Å². The topological polar surface area (TPSA) is 87.7 Å². The van der Waals surface area contributed by atoms with Crippen molar-refractivity contribution in [3.8, 4) is 11.5 Å². The molecule has 0 aromatic heterocycles. The van der Waals surface area contributed by atoms with Gasteiger partial charge >= 0.3 is 6.03 Å². The Balaban J connectivity index is 1.41. The molecule has 1 aliphatic heterocycles. The van der Waals surface area contributed by atoms with Crippen LogP contribution >= 0.6 is 0 Å². The SMILES string of the molecule is CC(C)(C)N1C(=O)c2ccc(NC(=O)Nc3ccc(Oc4ccccc4)cc3)cc2C1=O. The first-order valence-electron chi connectivity index (χ1n) is 10.2. The molecular formula is C25H23N3O4. The third-order valence-corrected chi connectivity index (χ3v) is 4.91. The van der Waals surface area contributed by atoms with E-state index in [1.54, 1.807) is 57.2 Å². The molecule has 0 aliphatic carbocycles. The normalized spacial score (nSPS) is 13.0. The first-order chi connectivity index (χ1) is 15.2. The van der Waals surface area contributed by atoms with Crippen LogP contribution in [-0.2, 0) is 0 Å². The Morgan fingerprint density at radius 1 is 0.750 bits per heavy atom. The Morgan fingerprint density at radius 2 is 1.31 bits per heavy atom. The number of para-hydroxylation sites is 1. The average Bonchev–Trinajstić information content (AvgIpc) is 3.00. The van der Waals surface area contributed by atoms with Crippen molar-refractivity contribution in [1.82, 2.24) is 4.90 Å². The molecule has 1 heterocycles. The van der Waals surface area contributed by atoms with Crippen molar-refractivity contribution in [2.24, 2.45) is 0 Å². The molecule has 0 radical (unpaired) electrons. The van der Waals surface area contributed by atoms with Crippen molar-refractivity contribution in [2.75, 3.05) is 10.6 Å². The number of amides is 4. The Labute approximate surface area is 186 Å². The summed E-state index contributed by atoms with van der Waals surface area (Å²) in [6.07, 6.45) is 0. The number of nitrogens with one attached hydrogen (secondary N) is 2. The summed E-state index contributed by atoms with van der Waals surface area (Å²) in [6, 6.07) is 20.6.